The Morgan fingerprint density at radius 1 is 1.09 bits per heavy atom. The molecule has 2 amide bonds. The van der Waals surface area contributed by atoms with Gasteiger partial charge in [-0.3, -0.25) is 14.6 Å². The lowest BCUT2D eigenvalue weighted by molar-refractivity contribution is -0.121. The zero-order chi connectivity index (χ0) is 22.8. The normalized spacial score (nSPS) is 14.4. The van der Waals surface area contributed by atoms with Crippen LogP contribution < -0.4 is 5.32 Å². The summed E-state index contributed by atoms with van der Waals surface area (Å²) >= 11 is 0. The molecule has 166 valence electrons. The number of para-hydroxylation sites is 1. The molecule has 1 aromatic carbocycles. The lowest BCUT2D eigenvalue weighted by atomic mass is 9.95. The highest BCUT2D eigenvalue weighted by Gasteiger charge is 2.29. The molecule has 8 heteroatoms. The van der Waals surface area contributed by atoms with Crippen molar-refractivity contribution in [3.8, 4) is 11.3 Å². The van der Waals surface area contributed by atoms with E-state index < -0.39 is 0 Å². The fourth-order valence-corrected chi connectivity index (χ4v) is 4.18. The molecule has 5 rings (SSSR count). The van der Waals surface area contributed by atoms with Crippen LogP contribution in [0.25, 0.3) is 22.2 Å². The van der Waals surface area contributed by atoms with E-state index in [1.807, 2.05) is 47.4 Å². The van der Waals surface area contributed by atoms with Crippen LogP contribution >= 0.6 is 0 Å². The number of pyridine rings is 2. The molecular weight excluding hydrogens is 418 g/mol. The van der Waals surface area contributed by atoms with Gasteiger partial charge in [0.2, 0.25) is 5.91 Å². The molecule has 0 unspecified atom stereocenters. The standard InChI is InChI=1S/C25H23N5O3/c1-16-13-23(29-33-16)28-24(31)17-8-11-30(12-9-17)25(32)20-14-22(18-5-4-10-26-15-18)27-21-7-3-2-6-19(20)21/h2-7,10,13-15,17H,8-9,11-12H2,1H3,(H,28,29,31). The summed E-state index contributed by atoms with van der Waals surface area (Å²) in [6.07, 6.45) is 4.63. The first kappa shape index (κ1) is 20.8. The molecular formula is C25H23N5O3. The second-order valence-electron chi connectivity index (χ2n) is 8.19. The second kappa shape index (κ2) is 8.82. The number of anilines is 1. The van der Waals surface area contributed by atoms with Crippen LogP contribution in [-0.4, -0.2) is 44.9 Å². The maximum absolute atomic E-state index is 13.5. The molecule has 3 aromatic heterocycles. The number of rotatable bonds is 4. The number of benzene rings is 1. The van der Waals surface area contributed by atoms with E-state index in [2.05, 4.69) is 15.5 Å². The van der Waals surface area contributed by atoms with Crippen LogP contribution in [0.15, 0.2) is 65.4 Å². The molecule has 1 aliphatic rings. The Morgan fingerprint density at radius 3 is 2.64 bits per heavy atom. The average molecular weight is 441 g/mol. The van der Waals surface area contributed by atoms with E-state index in [4.69, 9.17) is 9.51 Å². The molecule has 0 radical (unpaired) electrons. The first-order chi connectivity index (χ1) is 16.1. The minimum atomic E-state index is -0.175. The van der Waals surface area contributed by atoms with Crippen molar-refractivity contribution < 1.29 is 14.1 Å². The van der Waals surface area contributed by atoms with Gasteiger partial charge in [0.25, 0.3) is 5.91 Å². The summed E-state index contributed by atoms with van der Waals surface area (Å²) < 4.78 is 5.00. The fourth-order valence-electron chi connectivity index (χ4n) is 4.18. The lowest BCUT2D eigenvalue weighted by Gasteiger charge is -2.31. The number of carbonyl (C=O) groups is 2. The van der Waals surface area contributed by atoms with E-state index in [-0.39, 0.29) is 17.7 Å². The highest BCUT2D eigenvalue weighted by atomic mass is 16.5. The molecule has 0 spiro atoms. The molecule has 0 atom stereocenters. The Bertz CT molecular complexity index is 1310. The zero-order valence-electron chi connectivity index (χ0n) is 18.2. The van der Waals surface area contributed by atoms with Gasteiger partial charge in [-0.1, -0.05) is 23.4 Å². The minimum absolute atomic E-state index is 0.0512. The Balaban J connectivity index is 1.34. The first-order valence-electron chi connectivity index (χ1n) is 10.9. The molecule has 8 nitrogen and oxygen atoms in total. The molecule has 0 bridgehead atoms. The van der Waals surface area contributed by atoms with Crippen molar-refractivity contribution in [2.45, 2.75) is 19.8 Å². The lowest BCUT2D eigenvalue weighted by Crippen LogP contribution is -2.41. The van der Waals surface area contributed by atoms with Crippen molar-refractivity contribution in [1.82, 2.24) is 20.0 Å². The Kier molecular flexibility index (Phi) is 5.56. The summed E-state index contributed by atoms with van der Waals surface area (Å²) in [5.74, 6) is 0.739. The van der Waals surface area contributed by atoms with Gasteiger partial charge in [0, 0.05) is 48.4 Å². The van der Waals surface area contributed by atoms with Gasteiger partial charge >= 0.3 is 0 Å². The number of hydrogen-bond donors (Lipinski definition) is 1. The number of aromatic nitrogens is 3. The predicted octanol–water partition coefficient (Wildman–Crippen LogP) is 4.08. The summed E-state index contributed by atoms with van der Waals surface area (Å²) in [5.41, 5.74) is 2.94. The van der Waals surface area contributed by atoms with Crippen molar-refractivity contribution in [2.75, 3.05) is 18.4 Å². The highest BCUT2D eigenvalue weighted by Crippen LogP contribution is 2.27. The Morgan fingerprint density at radius 2 is 1.91 bits per heavy atom. The van der Waals surface area contributed by atoms with Crippen LogP contribution in [0.2, 0.25) is 0 Å². The van der Waals surface area contributed by atoms with E-state index >= 15 is 0 Å². The maximum atomic E-state index is 13.5. The second-order valence-corrected chi connectivity index (χ2v) is 8.19. The number of nitrogens with zero attached hydrogens (tertiary/aromatic N) is 4. The topological polar surface area (TPSA) is 101 Å². The average Bonchev–Trinajstić information content (AvgIpc) is 3.27. The SMILES string of the molecule is Cc1cc(NC(=O)C2CCN(C(=O)c3cc(-c4cccnc4)nc4ccccc34)CC2)no1. The molecule has 1 N–H and O–H groups in total. The zero-order valence-corrected chi connectivity index (χ0v) is 18.2. The highest BCUT2D eigenvalue weighted by molar-refractivity contribution is 6.07. The van der Waals surface area contributed by atoms with E-state index in [0.717, 1.165) is 16.5 Å². The van der Waals surface area contributed by atoms with Crippen LogP contribution in [0.4, 0.5) is 5.82 Å². The molecule has 1 aliphatic heterocycles. The summed E-state index contributed by atoms with van der Waals surface area (Å²) in [7, 11) is 0. The number of fused-ring (bicyclic) bond motifs is 1. The minimum Gasteiger partial charge on any atom is -0.360 e. The maximum Gasteiger partial charge on any atom is 0.254 e. The van der Waals surface area contributed by atoms with Gasteiger partial charge in [-0.25, -0.2) is 4.98 Å². The monoisotopic (exact) mass is 441 g/mol. The molecule has 1 saturated heterocycles. The number of likely N-dealkylation sites (tertiary alicyclic amines) is 1. The van der Waals surface area contributed by atoms with Crippen molar-refractivity contribution in [2.24, 2.45) is 5.92 Å². The van der Waals surface area contributed by atoms with E-state index in [1.165, 1.54) is 0 Å². The number of piperidine rings is 1. The third-order valence-electron chi connectivity index (χ3n) is 5.94. The summed E-state index contributed by atoms with van der Waals surface area (Å²) in [5, 5.41) is 7.43. The van der Waals surface area contributed by atoms with E-state index in [9.17, 15) is 9.59 Å². The van der Waals surface area contributed by atoms with E-state index in [1.54, 1.807) is 25.4 Å². The van der Waals surface area contributed by atoms with Crippen molar-refractivity contribution >= 4 is 28.5 Å². The van der Waals surface area contributed by atoms with Crippen LogP contribution in [-0.2, 0) is 4.79 Å². The number of carbonyl (C=O) groups excluding carboxylic acids is 2. The summed E-state index contributed by atoms with van der Waals surface area (Å²) in [6, 6.07) is 15.0. The van der Waals surface area contributed by atoms with Gasteiger partial charge in [-0.2, -0.15) is 0 Å². The van der Waals surface area contributed by atoms with Crippen LogP contribution in [0, 0.1) is 12.8 Å². The molecule has 0 saturated carbocycles. The van der Waals surface area contributed by atoms with Crippen molar-refractivity contribution in [3.63, 3.8) is 0 Å². The van der Waals surface area contributed by atoms with Crippen molar-refractivity contribution in [1.29, 1.82) is 0 Å². The predicted molar refractivity (Wildman–Crippen MR) is 123 cm³/mol. The summed E-state index contributed by atoms with van der Waals surface area (Å²) in [4.78, 5) is 36.8. The van der Waals surface area contributed by atoms with Gasteiger partial charge in [-0.05, 0) is 44.0 Å². The van der Waals surface area contributed by atoms with E-state index in [0.29, 0.717) is 48.8 Å². The van der Waals surface area contributed by atoms with Crippen LogP contribution in [0.3, 0.4) is 0 Å². The number of nitrogens with one attached hydrogen (secondary N) is 1. The van der Waals surface area contributed by atoms with Crippen LogP contribution in [0.5, 0.6) is 0 Å². The molecule has 4 heterocycles. The smallest absolute Gasteiger partial charge is 0.254 e. The first-order valence-corrected chi connectivity index (χ1v) is 10.9. The van der Waals surface area contributed by atoms with Gasteiger partial charge in [-0.15, -0.1) is 0 Å². The Labute approximate surface area is 190 Å². The largest absolute Gasteiger partial charge is 0.360 e. The third kappa shape index (κ3) is 4.32. The van der Waals surface area contributed by atoms with Gasteiger partial charge in [0.15, 0.2) is 5.82 Å². The van der Waals surface area contributed by atoms with Gasteiger partial charge in [0.05, 0.1) is 16.8 Å². The van der Waals surface area contributed by atoms with Gasteiger partial charge in [0.1, 0.15) is 5.76 Å². The van der Waals surface area contributed by atoms with Crippen molar-refractivity contribution in [3.05, 3.63) is 72.2 Å². The fraction of sp³-hybridized carbons (Fsp3) is 0.240. The number of hydrogen-bond acceptors (Lipinski definition) is 6. The molecule has 0 aliphatic carbocycles. The van der Waals surface area contributed by atoms with Crippen LogP contribution in [0.1, 0.15) is 29.0 Å². The Hall–Kier alpha value is -4.07. The number of aryl methyl sites for hydroxylation is 1. The molecule has 33 heavy (non-hydrogen) atoms. The summed E-state index contributed by atoms with van der Waals surface area (Å²) in [6.45, 7) is 2.79. The third-order valence-corrected chi connectivity index (χ3v) is 5.94. The molecule has 1 fully saturated rings. The van der Waals surface area contributed by atoms with Gasteiger partial charge < -0.3 is 14.7 Å². The number of amides is 2. The molecule has 4 aromatic rings. The quantitative estimate of drug-likeness (QED) is 0.512.